The SMILES string of the molecule is O=C(CC(=O)C1C(F)(F)C(F)(F)C(F)(F)C1(F)F)c1cc(F)cc(F)c1. The van der Waals surface area contributed by atoms with Crippen molar-refractivity contribution in [3.63, 3.8) is 0 Å². The Balaban J connectivity index is 2.38. The summed E-state index contributed by atoms with van der Waals surface area (Å²) in [6, 6.07) is 0.901. The molecule has 0 atom stereocenters. The van der Waals surface area contributed by atoms with Crippen LogP contribution in [-0.4, -0.2) is 35.3 Å². The molecule has 2 nitrogen and oxygen atoms in total. The summed E-state index contributed by atoms with van der Waals surface area (Å²) in [5, 5.41) is 0. The second kappa shape index (κ2) is 5.68. The number of alkyl halides is 8. The fourth-order valence-corrected chi connectivity index (χ4v) is 2.49. The molecule has 1 fully saturated rings. The molecule has 0 amide bonds. The molecule has 0 saturated heterocycles. The Morgan fingerprint density at radius 3 is 1.54 bits per heavy atom. The van der Waals surface area contributed by atoms with Crippen molar-refractivity contribution in [1.82, 2.24) is 0 Å². The van der Waals surface area contributed by atoms with Crippen LogP contribution in [0.5, 0.6) is 0 Å². The number of ketones is 2. The van der Waals surface area contributed by atoms with Crippen molar-refractivity contribution in [1.29, 1.82) is 0 Å². The van der Waals surface area contributed by atoms with Crippen LogP contribution in [0.25, 0.3) is 0 Å². The lowest BCUT2D eigenvalue weighted by Crippen LogP contribution is -2.51. The van der Waals surface area contributed by atoms with E-state index in [1.165, 1.54) is 0 Å². The molecule has 26 heavy (non-hydrogen) atoms. The van der Waals surface area contributed by atoms with Crippen LogP contribution in [0.15, 0.2) is 18.2 Å². The Labute approximate surface area is 137 Å². The van der Waals surface area contributed by atoms with Gasteiger partial charge in [0.2, 0.25) is 0 Å². The summed E-state index contributed by atoms with van der Waals surface area (Å²) in [6.07, 6.45) is -1.97. The molecule has 0 aromatic heterocycles. The van der Waals surface area contributed by atoms with E-state index in [1.807, 2.05) is 0 Å². The first-order chi connectivity index (χ1) is 11.6. The summed E-state index contributed by atoms with van der Waals surface area (Å²) >= 11 is 0. The molecule has 1 aromatic rings. The summed E-state index contributed by atoms with van der Waals surface area (Å²) in [6.45, 7) is 0. The van der Waals surface area contributed by atoms with E-state index in [0.717, 1.165) is 0 Å². The van der Waals surface area contributed by atoms with Gasteiger partial charge in [-0.15, -0.1) is 0 Å². The second-order valence-electron chi connectivity index (χ2n) is 5.55. The first kappa shape index (κ1) is 20.2. The number of halogens is 10. The minimum atomic E-state index is -6.56. The molecule has 0 N–H and O–H groups in total. The van der Waals surface area contributed by atoms with E-state index in [2.05, 4.69) is 0 Å². The molecule has 12 heteroatoms. The van der Waals surface area contributed by atoms with Crippen molar-refractivity contribution in [3.05, 3.63) is 35.4 Å². The van der Waals surface area contributed by atoms with Gasteiger partial charge in [0.05, 0.1) is 6.42 Å². The van der Waals surface area contributed by atoms with Gasteiger partial charge in [0.1, 0.15) is 11.6 Å². The third kappa shape index (κ3) is 2.57. The first-order valence-corrected chi connectivity index (χ1v) is 6.60. The summed E-state index contributed by atoms with van der Waals surface area (Å²) in [4.78, 5) is 23.2. The molecule has 0 radical (unpaired) electrons. The van der Waals surface area contributed by atoms with Crippen LogP contribution in [0.2, 0.25) is 0 Å². The minimum Gasteiger partial charge on any atom is -0.298 e. The van der Waals surface area contributed by atoms with Crippen molar-refractivity contribution < 1.29 is 53.5 Å². The maximum Gasteiger partial charge on any atom is 0.379 e. The van der Waals surface area contributed by atoms with Crippen molar-refractivity contribution in [2.24, 2.45) is 5.92 Å². The fourth-order valence-electron chi connectivity index (χ4n) is 2.49. The molecule has 1 aromatic carbocycles. The number of hydrogen-bond donors (Lipinski definition) is 0. The molecule has 2 rings (SSSR count). The van der Waals surface area contributed by atoms with E-state index in [0.29, 0.717) is 12.1 Å². The van der Waals surface area contributed by atoms with Crippen molar-refractivity contribution in [2.45, 2.75) is 30.1 Å². The highest BCUT2D eigenvalue weighted by atomic mass is 19.4. The zero-order chi connectivity index (χ0) is 20.3. The van der Waals surface area contributed by atoms with Gasteiger partial charge >= 0.3 is 23.7 Å². The lowest BCUT2D eigenvalue weighted by molar-refractivity contribution is -0.303. The van der Waals surface area contributed by atoms with Crippen LogP contribution in [0.4, 0.5) is 43.9 Å². The maximum absolute atomic E-state index is 13.4. The Morgan fingerprint density at radius 1 is 0.769 bits per heavy atom. The Kier molecular flexibility index (Phi) is 4.41. The lowest BCUT2D eigenvalue weighted by Gasteiger charge is -2.23. The molecule has 0 bridgehead atoms. The highest BCUT2D eigenvalue weighted by Gasteiger charge is 2.94. The normalized spacial score (nSPS) is 23.0. The van der Waals surface area contributed by atoms with Crippen molar-refractivity contribution >= 4 is 11.6 Å². The average Bonchev–Trinajstić information content (AvgIpc) is 2.51. The van der Waals surface area contributed by atoms with Gasteiger partial charge in [0, 0.05) is 11.6 Å². The van der Waals surface area contributed by atoms with Crippen molar-refractivity contribution in [2.75, 3.05) is 0 Å². The largest absolute Gasteiger partial charge is 0.379 e. The van der Waals surface area contributed by atoms with Crippen LogP contribution in [0.1, 0.15) is 16.8 Å². The van der Waals surface area contributed by atoms with Gasteiger partial charge in [-0.2, -0.15) is 35.1 Å². The molecule has 0 heterocycles. The van der Waals surface area contributed by atoms with Gasteiger partial charge in [0.25, 0.3) is 0 Å². The number of benzene rings is 1. The van der Waals surface area contributed by atoms with E-state index in [4.69, 9.17) is 0 Å². The standard InChI is InChI=1S/C14H6F10O2/c15-6-1-5(2-7(16)3-6)8(25)4-9(26)10-11(17,18)13(21,22)14(23,24)12(10,19)20/h1-3,10H,4H2. The summed E-state index contributed by atoms with van der Waals surface area (Å²) in [7, 11) is 0. The third-order valence-corrected chi connectivity index (χ3v) is 3.80. The lowest BCUT2D eigenvalue weighted by atomic mass is 9.91. The predicted octanol–water partition coefficient (Wildman–Crippen LogP) is 4.28. The molecule has 0 aliphatic heterocycles. The predicted molar refractivity (Wildman–Crippen MR) is 63.6 cm³/mol. The molecule has 1 saturated carbocycles. The topological polar surface area (TPSA) is 34.1 Å². The number of rotatable bonds is 4. The Hall–Kier alpha value is -2.14. The van der Waals surface area contributed by atoms with E-state index in [1.54, 1.807) is 0 Å². The Bertz CT molecular complexity index is 725. The second-order valence-corrected chi connectivity index (χ2v) is 5.55. The van der Waals surface area contributed by atoms with E-state index < -0.39 is 64.8 Å². The molecular formula is C14H6F10O2. The highest BCUT2D eigenvalue weighted by molar-refractivity contribution is 6.09. The number of carbonyl (C=O) groups excluding carboxylic acids is 2. The number of Topliss-reactive ketones (excluding diaryl/α,β-unsaturated/α-hetero) is 2. The summed E-state index contributed by atoms with van der Waals surface area (Å²) in [5.74, 6) is -37.0. The van der Waals surface area contributed by atoms with Crippen LogP contribution in [0.3, 0.4) is 0 Å². The van der Waals surface area contributed by atoms with Crippen LogP contribution in [0, 0.1) is 17.6 Å². The quantitative estimate of drug-likeness (QED) is 0.433. The van der Waals surface area contributed by atoms with E-state index in [-0.39, 0.29) is 6.07 Å². The minimum absolute atomic E-state index is 0.277. The molecular weight excluding hydrogens is 390 g/mol. The van der Waals surface area contributed by atoms with Gasteiger partial charge < -0.3 is 0 Å². The van der Waals surface area contributed by atoms with Crippen LogP contribution in [-0.2, 0) is 4.79 Å². The molecule has 144 valence electrons. The Morgan fingerprint density at radius 2 is 1.15 bits per heavy atom. The molecule has 0 spiro atoms. The monoisotopic (exact) mass is 396 g/mol. The maximum atomic E-state index is 13.4. The van der Waals surface area contributed by atoms with Gasteiger partial charge in [-0.25, -0.2) is 8.78 Å². The van der Waals surface area contributed by atoms with Gasteiger partial charge in [0.15, 0.2) is 17.5 Å². The summed E-state index contributed by atoms with van der Waals surface area (Å²) < 4.78 is 132. The first-order valence-electron chi connectivity index (χ1n) is 6.60. The van der Waals surface area contributed by atoms with Crippen molar-refractivity contribution in [3.8, 4) is 0 Å². The van der Waals surface area contributed by atoms with Gasteiger partial charge in [-0.3, -0.25) is 9.59 Å². The third-order valence-electron chi connectivity index (χ3n) is 3.80. The van der Waals surface area contributed by atoms with Crippen LogP contribution >= 0.6 is 0 Å². The zero-order valence-electron chi connectivity index (χ0n) is 12.1. The van der Waals surface area contributed by atoms with Gasteiger partial charge in [-0.1, -0.05) is 0 Å². The highest BCUT2D eigenvalue weighted by Crippen LogP contribution is 2.66. The van der Waals surface area contributed by atoms with E-state index in [9.17, 15) is 53.5 Å². The van der Waals surface area contributed by atoms with Crippen LogP contribution < -0.4 is 0 Å². The molecule has 1 aliphatic rings. The number of carbonyl (C=O) groups is 2. The van der Waals surface area contributed by atoms with E-state index >= 15 is 0 Å². The zero-order valence-corrected chi connectivity index (χ0v) is 12.1. The molecule has 1 aliphatic carbocycles. The molecule has 0 unspecified atom stereocenters. The number of hydrogen-bond acceptors (Lipinski definition) is 2. The fraction of sp³-hybridized carbons (Fsp3) is 0.429. The smallest absolute Gasteiger partial charge is 0.298 e. The van der Waals surface area contributed by atoms with Gasteiger partial charge in [-0.05, 0) is 12.1 Å². The average molecular weight is 396 g/mol. The summed E-state index contributed by atoms with van der Waals surface area (Å²) in [5.41, 5.74) is -0.959.